The first-order valence-corrected chi connectivity index (χ1v) is 14.9. The van der Waals surface area contributed by atoms with Crippen LogP contribution in [0, 0.1) is 50.2 Å². The summed E-state index contributed by atoms with van der Waals surface area (Å²) in [6.07, 6.45) is 9.54. The third-order valence-electron chi connectivity index (χ3n) is 12.9. The highest BCUT2D eigenvalue weighted by Gasteiger charge is 2.71. The Morgan fingerprint density at radius 3 is 2.22 bits per heavy atom. The van der Waals surface area contributed by atoms with Crippen molar-refractivity contribution in [3.05, 3.63) is 11.6 Å². The van der Waals surface area contributed by atoms with E-state index in [1.807, 2.05) is 6.08 Å². The van der Waals surface area contributed by atoms with E-state index in [2.05, 4.69) is 64.4 Å². The monoisotopic (exact) mass is 560 g/mol. The van der Waals surface area contributed by atoms with Gasteiger partial charge in [-0.25, -0.2) is 0 Å². The van der Waals surface area contributed by atoms with Crippen molar-refractivity contribution in [2.24, 2.45) is 50.2 Å². The first kappa shape index (κ1) is 26.6. The Morgan fingerprint density at radius 2 is 1.58 bits per heavy atom. The molecular weight excluding hydrogens is 516 g/mol. The van der Waals surface area contributed by atoms with E-state index < -0.39 is 10.8 Å². The second-order valence-corrected chi connectivity index (χ2v) is 16.1. The maximum Gasteiger partial charge on any atom is 0.311 e. The van der Waals surface area contributed by atoms with Crippen LogP contribution in [0.25, 0.3) is 0 Å². The molecule has 0 aromatic heterocycles. The van der Waals surface area contributed by atoms with Gasteiger partial charge in [0.05, 0.1) is 17.4 Å². The molecule has 4 saturated carbocycles. The van der Waals surface area contributed by atoms with Gasteiger partial charge in [0.1, 0.15) is 0 Å². The molecule has 0 radical (unpaired) electrons. The van der Waals surface area contributed by atoms with Gasteiger partial charge in [0.15, 0.2) is 11.6 Å². The lowest BCUT2D eigenvalue weighted by atomic mass is 9.33. The molecule has 0 aliphatic heterocycles. The molecule has 0 spiro atoms. The second kappa shape index (κ2) is 7.79. The molecule has 0 saturated heterocycles. The standard InChI is InChI=1S/C31H45BrO4/c1-26(2)22-9-10-31(7)23(29(22,5)17-20(32)24(26)34)21(33)15-18-19-16-28(4,25(35)36-8)12-11-27(19,3)13-14-30(18,31)6/h15,19-20,22-23H,9-14,16-17H2,1-8H3/t19-,20-,22-,23+,27+,28-,29-,30+,31+/m0/s1. The number of hydrogen-bond acceptors (Lipinski definition) is 4. The highest BCUT2D eigenvalue weighted by atomic mass is 79.9. The minimum atomic E-state index is -0.501. The van der Waals surface area contributed by atoms with Crippen LogP contribution in [-0.4, -0.2) is 29.5 Å². The zero-order valence-corrected chi connectivity index (χ0v) is 25.1. The number of rotatable bonds is 1. The molecule has 0 aromatic rings. The summed E-state index contributed by atoms with van der Waals surface area (Å²) in [7, 11) is 1.49. The molecule has 4 nitrogen and oxygen atoms in total. The summed E-state index contributed by atoms with van der Waals surface area (Å²) in [5.74, 6) is 0.764. The van der Waals surface area contributed by atoms with E-state index in [-0.39, 0.29) is 61.8 Å². The first-order valence-electron chi connectivity index (χ1n) is 14.0. The van der Waals surface area contributed by atoms with Crippen LogP contribution in [0.4, 0.5) is 0 Å². The van der Waals surface area contributed by atoms with Gasteiger partial charge in [0, 0.05) is 11.3 Å². The molecule has 9 atom stereocenters. The second-order valence-electron chi connectivity index (χ2n) is 15.0. The van der Waals surface area contributed by atoms with Crippen LogP contribution in [0.15, 0.2) is 11.6 Å². The fraction of sp³-hybridized carbons (Fsp3) is 0.839. The van der Waals surface area contributed by atoms with Gasteiger partial charge in [-0.2, -0.15) is 0 Å². The van der Waals surface area contributed by atoms with Gasteiger partial charge in [-0.3, -0.25) is 14.4 Å². The van der Waals surface area contributed by atoms with Crippen LogP contribution in [0.1, 0.15) is 99.8 Å². The lowest BCUT2D eigenvalue weighted by Gasteiger charge is -2.70. The Hall–Kier alpha value is -0.970. The van der Waals surface area contributed by atoms with Crippen LogP contribution in [-0.2, 0) is 19.1 Å². The number of ketones is 2. The van der Waals surface area contributed by atoms with Crippen molar-refractivity contribution < 1.29 is 19.1 Å². The third-order valence-corrected chi connectivity index (χ3v) is 13.7. The largest absolute Gasteiger partial charge is 0.469 e. The highest BCUT2D eigenvalue weighted by Crippen LogP contribution is 2.75. The summed E-state index contributed by atoms with van der Waals surface area (Å²) in [4.78, 5) is 40.2. The maximum atomic E-state index is 14.4. The molecule has 0 N–H and O–H groups in total. The Balaban J connectivity index is 1.63. The van der Waals surface area contributed by atoms with Gasteiger partial charge in [0.25, 0.3) is 0 Å². The Morgan fingerprint density at radius 1 is 0.944 bits per heavy atom. The van der Waals surface area contributed by atoms with Gasteiger partial charge >= 0.3 is 5.97 Å². The number of ether oxygens (including phenoxy) is 1. The van der Waals surface area contributed by atoms with Crippen LogP contribution in [0.5, 0.6) is 0 Å². The number of esters is 1. The number of allylic oxidation sites excluding steroid dienone is 2. The smallest absolute Gasteiger partial charge is 0.311 e. The van der Waals surface area contributed by atoms with Crippen molar-refractivity contribution in [2.75, 3.05) is 7.11 Å². The molecule has 0 heterocycles. The van der Waals surface area contributed by atoms with E-state index in [1.165, 1.54) is 12.7 Å². The van der Waals surface area contributed by atoms with Gasteiger partial charge in [-0.05, 0) is 97.9 Å². The molecule has 0 amide bonds. The van der Waals surface area contributed by atoms with E-state index >= 15 is 0 Å². The van der Waals surface area contributed by atoms with E-state index in [0.717, 1.165) is 51.4 Å². The molecule has 0 unspecified atom stereocenters. The molecular formula is C31H45BrO4. The van der Waals surface area contributed by atoms with E-state index in [0.29, 0.717) is 0 Å². The summed E-state index contributed by atoms with van der Waals surface area (Å²) in [6, 6.07) is 0. The Kier molecular flexibility index (Phi) is 5.76. The third kappa shape index (κ3) is 3.13. The average Bonchev–Trinajstić information content (AvgIpc) is 2.79. The maximum absolute atomic E-state index is 14.4. The van der Waals surface area contributed by atoms with Crippen LogP contribution < -0.4 is 0 Å². The molecule has 200 valence electrons. The molecule has 5 aliphatic rings. The first-order chi connectivity index (χ1) is 16.5. The summed E-state index contributed by atoms with van der Waals surface area (Å²) in [5, 5.41) is 0. The normalized spacial score (nSPS) is 51.8. The quantitative estimate of drug-likeness (QED) is 0.254. The van der Waals surface area contributed by atoms with Crippen molar-refractivity contribution in [3.8, 4) is 0 Å². The summed E-state index contributed by atoms with van der Waals surface area (Å²) in [6.45, 7) is 15.8. The van der Waals surface area contributed by atoms with E-state index in [4.69, 9.17) is 4.74 Å². The van der Waals surface area contributed by atoms with E-state index in [9.17, 15) is 14.4 Å². The molecule has 0 bridgehead atoms. The van der Waals surface area contributed by atoms with Gasteiger partial charge in [-0.15, -0.1) is 0 Å². The number of carbonyl (C=O) groups is 3. The summed E-state index contributed by atoms with van der Waals surface area (Å²) >= 11 is 3.73. The topological polar surface area (TPSA) is 60.4 Å². The summed E-state index contributed by atoms with van der Waals surface area (Å²) < 4.78 is 5.25. The Labute approximate surface area is 225 Å². The molecule has 5 aliphatic carbocycles. The number of fused-ring (bicyclic) bond motifs is 7. The number of Topliss-reactive ketones (excluding diaryl/α,β-unsaturated/α-hetero) is 1. The molecule has 0 aromatic carbocycles. The highest BCUT2D eigenvalue weighted by molar-refractivity contribution is 9.10. The fourth-order valence-corrected chi connectivity index (χ4v) is 11.8. The van der Waals surface area contributed by atoms with Gasteiger partial charge in [0.2, 0.25) is 0 Å². The van der Waals surface area contributed by atoms with Crippen LogP contribution in [0.2, 0.25) is 0 Å². The van der Waals surface area contributed by atoms with Crippen molar-refractivity contribution in [2.45, 2.75) is 105 Å². The molecule has 4 fully saturated rings. The van der Waals surface area contributed by atoms with Crippen molar-refractivity contribution >= 4 is 33.5 Å². The van der Waals surface area contributed by atoms with Crippen molar-refractivity contribution in [1.82, 2.24) is 0 Å². The number of alkyl halides is 1. The number of methoxy groups -OCH3 is 1. The lowest BCUT2D eigenvalue weighted by Crippen LogP contribution is -2.67. The van der Waals surface area contributed by atoms with E-state index in [1.54, 1.807) is 0 Å². The molecule has 5 rings (SSSR count). The van der Waals surface area contributed by atoms with Crippen molar-refractivity contribution in [1.29, 1.82) is 0 Å². The fourth-order valence-electron chi connectivity index (χ4n) is 10.5. The predicted molar refractivity (Wildman–Crippen MR) is 145 cm³/mol. The van der Waals surface area contributed by atoms with Crippen molar-refractivity contribution in [3.63, 3.8) is 0 Å². The molecule has 5 heteroatoms. The predicted octanol–water partition coefficient (Wildman–Crippen LogP) is 7.08. The zero-order valence-electron chi connectivity index (χ0n) is 23.6. The zero-order chi connectivity index (χ0) is 26.7. The average molecular weight is 562 g/mol. The number of hydrogen-bond donors (Lipinski definition) is 0. The Bertz CT molecular complexity index is 1060. The number of carbonyl (C=O) groups excluding carboxylic acids is 3. The SMILES string of the molecule is COC(=O)[C@@]1(C)CC[C@]2(C)CC[C@]3(C)C(=CC(=O)[C@@H]4[C@@]5(C)C[C@H](Br)C(=O)C(C)(C)[C@@H]5CC[C@]43C)[C@@H]2C1. The lowest BCUT2D eigenvalue weighted by molar-refractivity contribution is -0.187. The van der Waals surface area contributed by atoms with Gasteiger partial charge in [-0.1, -0.05) is 63.0 Å². The minimum absolute atomic E-state index is 0.0918. The number of halogens is 1. The van der Waals surface area contributed by atoms with Crippen LogP contribution >= 0.6 is 15.9 Å². The minimum Gasteiger partial charge on any atom is -0.469 e. The van der Waals surface area contributed by atoms with Gasteiger partial charge < -0.3 is 4.74 Å². The summed E-state index contributed by atoms with van der Waals surface area (Å²) in [5.41, 5.74) is -0.00477. The van der Waals surface area contributed by atoms with Crippen LogP contribution in [0.3, 0.4) is 0 Å². The molecule has 36 heavy (non-hydrogen) atoms.